The number of halogens is 2. The number of methoxy groups -OCH3 is 1. The summed E-state index contributed by atoms with van der Waals surface area (Å²) in [6.45, 7) is 5.05. The van der Waals surface area contributed by atoms with Gasteiger partial charge in [-0.15, -0.1) is 12.4 Å². The van der Waals surface area contributed by atoms with Gasteiger partial charge in [-0.25, -0.2) is 0 Å². The van der Waals surface area contributed by atoms with E-state index in [9.17, 15) is 4.79 Å². The van der Waals surface area contributed by atoms with Crippen LogP contribution in [0, 0.1) is 5.92 Å². The van der Waals surface area contributed by atoms with E-state index in [1.807, 2.05) is 18.9 Å². The molecule has 0 bridgehead atoms. The summed E-state index contributed by atoms with van der Waals surface area (Å²) in [4.78, 5) is 14.6. The van der Waals surface area contributed by atoms with Gasteiger partial charge in [0.1, 0.15) is 0 Å². The van der Waals surface area contributed by atoms with Crippen molar-refractivity contribution in [3.63, 3.8) is 0 Å². The number of nitrogens with zero attached hydrogens (tertiary/aromatic N) is 1. The maximum Gasteiger partial charge on any atom is 0.254 e. The third-order valence-electron chi connectivity index (χ3n) is 3.99. The maximum absolute atomic E-state index is 12.7. The maximum atomic E-state index is 12.7. The summed E-state index contributed by atoms with van der Waals surface area (Å²) in [6, 6.07) is 3.38. The van der Waals surface area contributed by atoms with E-state index in [0.29, 0.717) is 34.6 Å². The molecule has 1 unspecified atom stereocenters. The van der Waals surface area contributed by atoms with Gasteiger partial charge in [-0.3, -0.25) is 4.79 Å². The fraction of sp³-hybridized carbons (Fsp3) is 0.588. The summed E-state index contributed by atoms with van der Waals surface area (Å²) in [5, 5.41) is 3.58. The molecule has 0 saturated carbocycles. The van der Waals surface area contributed by atoms with Crippen molar-refractivity contribution < 1.29 is 14.3 Å². The SMILES string of the molecule is CCCOc1c(Cl)cc(C(=O)N2CCC(CNC)C2)cc1OC.Cl. The first-order chi connectivity index (χ1) is 11.1. The lowest BCUT2D eigenvalue weighted by atomic mass is 10.1. The van der Waals surface area contributed by atoms with Crippen molar-refractivity contribution >= 4 is 29.9 Å². The van der Waals surface area contributed by atoms with Gasteiger partial charge in [-0.1, -0.05) is 18.5 Å². The van der Waals surface area contributed by atoms with E-state index < -0.39 is 0 Å². The number of benzene rings is 1. The number of hydrogen-bond donors (Lipinski definition) is 1. The smallest absolute Gasteiger partial charge is 0.254 e. The third kappa shape index (κ3) is 4.91. The highest BCUT2D eigenvalue weighted by molar-refractivity contribution is 6.32. The Hall–Kier alpha value is -1.17. The van der Waals surface area contributed by atoms with E-state index in [1.165, 1.54) is 0 Å². The van der Waals surface area contributed by atoms with Crippen molar-refractivity contribution in [2.45, 2.75) is 19.8 Å². The second kappa shape index (κ2) is 9.97. The van der Waals surface area contributed by atoms with Gasteiger partial charge in [-0.05, 0) is 44.5 Å². The molecule has 136 valence electrons. The minimum absolute atomic E-state index is 0. The van der Waals surface area contributed by atoms with E-state index >= 15 is 0 Å². The number of carbonyl (C=O) groups is 1. The van der Waals surface area contributed by atoms with Crippen molar-refractivity contribution in [2.24, 2.45) is 5.92 Å². The van der Waals surface area contributed by atoms with Crippen LogP contribution < -0.4 is 14.8 Å². The number of likely N-dealkylation sites (tertiary alicyclic amines) is 1. The van der Waals surface area contributed by atoms with Crippen molar-refractivity contribution in [2.75, 3.05) is 40.4 Å². The molecule has 0 aliphatic carbocycles. The van der Waals surface area contributed by atoms with Gasteiger partial charge in [0.25, 0.3) is 5.91 Å². The first-order valence-corrected chi connectivity index (χ1v) is 8.42. The second-order valence-corrected chi connectivity index (χ2v) is 6.21. The lowest BCUT2D eigenvalue weighted by Gasteiger charge is -2.18. The van der Waals surface area contributed by atoms with Crippen LogP contribution in [0.3, 0.4) is 0 Å². The van der Waals surface area contributed by atoms with Crippen LogP contribution in [0.4, 0.5) is 0 Å². The Morgan fingerprint density at radius 2 is 2.21 bits per heavy atom. The Labute approximate surface area is 155 Å². The molecule has 5 nitrogen and oxygen atoms in total. The van der Waals surface area contributed by atoms with Crippen LogP contribution in [0.5, 0.6) is 11.5 Å². The Morgan fingerprint density at radius 1 is 1.46 bits per heavy atom. The van der Waals surface area contributed by atoms with Crippen molar-refractivity contribution in [3.05, 3.63) is 22.7 Å². The van der Waals surface area contributed by atoms with E-state index in [2.05, 4.69) is 5.32 Å². The molecule has 1 aromatic carbocycles. The zero-order valence-electron chi connectivity index (χ0n) is 14.4. The summed E-state index contributed by atoms with van der Waals surface area (Å²) < 4.78 is 11.0. The molecule has 1 saturated heterocycles. The summed E-state index contributed by atoms with van der Waals surface area (Å²) in [5.41, 5.74) is 0.542. The quantitative estimate of drug-likeness (QED) is 0.793. The normalized spacial score (nSPS) is 16.7. The molecule has 24 heavy (non-hydrogen) atoms. The van der Waals surface area contributed by atoms with E-state index in [0.717, 1.165) is 32.5 Å². The van der Waals surface area contributed by atoms with Crippen LogP contribution in [0.25, 0.3) is 0 Å². The molecule has 1 aliphatic rings. The van der Waals surface area contributed by atoms with Gasteiger partial charge in [0.15, 0.2) is 11.5 Å². The average molecular weight is 377 g/mol. The molecule has 1 heterocycles. The van der Waals surface area contributed by atoms with Crippen LogP contribution in [0.15, 0.2) is 12.1 Å². The fourth-order valence-corrected chi connectivity index (χ4v) is 3.11. The Balaban J connectivity index is 0.00000288. The first-order valence-electron chi connectivity index (χ1n) is 8.04. The van der Waals surface area contributed by atoms with Crippen LogP contribution in [0.1, 0.15) is 30.1 Å². The number of rotatable bonds is 7. The molecule has 7 heteroatoms. The molecule has 2 rings (SSSR count). The molecule has 1 amide bonds. The van der Waals surface area contributed by atoms with Gasteiger partial charge in [0, 0.05) is 18.7 Å². The number of hydrogen-bond acceptors (Lipinski definition) is 4. The standard InChI is InChI=1S/C17H25ClN2O3.ClH/c1-4-7-23-16-14(18)8-13(9-15(16)22-3)17(21)20-6-5-12(11-20)10-19-2;/h8-9,12,19H,4-7,10-11H2,1-3H3;1H. The first kappa shape index (κ1) is 20.9. The third-order valence-corrected chi connectivity index (χ3v) is 4.27. The summed E-state index contributed by atoms with van der Waals surface area (Å²) in [6.07, 6.45) is 1.90. The van der Waals surface area contributed by atoms with E-state index in [4.69, 9.17) is 21.1 Å². The molecule has 1 aliphatic heterocycles. The van der Waals surface area contributed by atoms with Gasteiger partial charge >= 0.3 is 0 Å². The monoisotopic (exact) mass is 376 g/mol. The molecule has 1 N–H and O–H groups in total. The molecule has 0 radical (unpaired) electrons. The minimum atomic E-state index is -0.00848. The van der Waals surface area contributed by atoms with E-state index in [1.54, 1.807) is 19.2 Å². The molecule has 1 fully saturated rings. The van der Waals surface area contributed by atoms with Gasteiger partial charge in [-0.2, -0.15) is 0 Å². The van der Waals surface area contributed by atoms with Crippen molar-refractivity contribution in [1.29, 1.82) is 0 Å². The topological polar surface area (TPSA) is 50.8 Å². The molecular formula is C17H26Cl2N2O3. The molecule has 1 atom stereocenters. The largest absolute Gasteiger partial charge is 0.493 e. The number of carbonyl (C=O) groups excluding carboxylic acids is 1. The molecule has 0 spiro atoms. The minimum Gasteiger partial charge on any atom is -0.493 e. The zero-order chi connectivity index (χ0) is 16.8. The van der Waals surface area contributed by atoms with Crippen LogP contribution in [-0.4, -0.2) is 51.2 Å². The lowest BCUT2D eigenvalue weighted by Crippen LogP contribution is -2.30. The predicted octanol–water partition coefficient (Wildman–Crippen LogP) is 3.24. The summed E-state index contributed by atoms with van der Waals surface area (Å²) in [7, 11) is 3.49. The summed E-state index contributed by atoms with van der Waals surface area (Å²) >= 11 is 6.29. The average Bonchev–Trinajstić information content (AvgIpc) is 3.01. The Kier molecular flexibility index (Phi) is 8.67. The molecular weight excluding hydrogens is 351 g/mol. The number of amides is 1. The highest BCUT2D eigenvalue weighted by Crippen LogP contribution is 2.37. The lowest BCUT2D eigenvalue weighted by molar-refractivity contribution is 0.0786. The van der Waals surface area contributed by atoms with E-state index in [-0.39, 0.29) is 18.3 Å². The van der Waals surface area contributed by atoms with Crippen LogP contribution in [0.2, 0.25) is 5.02 Å². The van der Waals surface area contributed by atoms with Crippen molar-refractivity contribution in [1.82, 2.24) is 10.2 Å². The number of nitrogens with one attached hydrogen (secondary N) is 1. The van der Waals surface area contributed by atoms with Gasteiger partial charge in [0.2, 0.25) is 0 Å². The predicted molar refractivity (Wildman–Crippen MR) is 99.0 cm³/mol. The molecule has 0 aromatic heterocycles. The highest BCUT2D eigenvalue weighted by atomic mass is 35.5. The van der Waals surface area contributed by atoms with Crippen molar-refractivity contribution in [3.8, 4) is 11.5 Å². The fourth-order valence-electron chi connectivity index (χ4n) is 2.84. The molecule has 1 aromatic rings. The van der Waals surface area contributed by atoms with Crippen LogP contribution in [-0.2, 0) is 0 Å². The Morgan fingerprint density at radius 3 is 2.83 bits per heavy atom. The Bertz CT molecular complexity index is 555. The number of ether oxygens (including phenoxy) is 2. The second-order valence-electron chi connectivity index (χ2n) is 5.80. The highest BCUT2D eigenvalue weighted by Gasteiger charge is 2.27. The van der Waals surface area contributed by atoms with Crippen LogP contribution >= 0.6 is 24.0 Å². The van der Waals surface area contributed by atoms with Gasteiger partial charge in [0.05, 0.1) is 18.7 Å². The summed E-state index contributed by atoms with van der Waals surface area (Å²) in [5.74, 6) is 1.50. The van der Waals surface area contributed by atoms with Gasteiger partial charge < -0.3 is 19.7 Å². The zero-order valence-corrected chi connectivity index (χ0v) is 16.0.